The number of hydrogen-bond acceptors (Lipinski definition) is 3. The van der Waals surface area contributed by atoms with Crippen molar-refractivity contribution < 1.29 is 14.0 Å². The number of piperidine rings is 1. The lowest BCUT2D eigenvalue weighted by atomic mass is 9.79. The van der Waals surface area contributed by atoms with Crippen molar-refractivity contribution in [1.29, 1.82) is 0 Å². The molecule has 2 amide bonds. The van der Waals surface area contributed by atoms with E-state index >= 15 is 4.39 Å². The van der Waals surface area contributed by atoms with Crippen LogP contribution in [0.4, 0.5) is 15.8 Å². The summed E-state index contributed by atoms with van der Waals surface area (Å²) in [5.41, 5.74) is 2.55. The Morgan fingerprint density at radius 3 is 2.32 bits per heavy atom. The van der Waals surface area contributed by atoms with Gasteiger partial charge in [0, 0.05) is 44.6 Å². The smallest absolute Gasteiger partial charge is 0.272 e. The highest BCUT2D eigenvalue weighted by molar-refractivity contribution is 6.03. The summed E-state index contributed by atoms with van der Waals surface area (Å²) >= 11 is 0. The van der Waals surface area contributed by atoms with Crippen LogP contribution in [0.25, 0.3) is 0 Å². The first-order valence-electron chi connectivity index (χ1n) is 13.3. The Labute approximate surface area is 219 Å². The SMILES string of the molecule is CCN(CC)C(=O)C(c1ccccc1)C1CCN(c2ccc(NC(=O)c3cccn3CC)cc2F)CC1. The molecule has 7 heteroatoms. The Morgan fingerprint density at radius 1 is 1.00 bits per heavy atom. The molecule has 196 valence electrons. The monoisotopic (exact) mass is 504 g/mol. The van der Waals surface area contributed by atoms with E-state index in [2.05, 4.69) is 5.32 Å². The number of nitrogens with one attached hydrogen (secondary N) is 1. The Bertz CT molecular complexity index is 1200. The molecule has 3 aromatic rings. The van der Waals surface area contributed by atoms with Crippen molar-refractivity contribution in [2.24, 2.45) is 5.92 Å². The van der Waals surface area contributed by atoms with Crippen LogP contribution in [-0.2, 0) is 11.3 Å². The van der Waals surface area contributed by atoms with Crippen LogP contribution in [0.2, 0.25) is 0 Å². The second-order valence-electron chi connectivity index (χ2n) is 9.52. The van der Waals surface area contributed by atoms with E-state index in [0.29, 0.717) is 49.8 Å². The number of aryl methyl sites for hydroxylation is 1. The maximum atomic E-state index is 15.2. The highest BCUT2D eigenvalue weighted by Gasteiger charge is 2.35. The molecule has 2 heterocycles. The molecule has 1 atom stereocenters. The summed E-state index contributed by atoms with van der Waals surface area (Å²) in [4.78, 5) is 30.1. The van der Waals surface area contributed by atoms with E-state index < -0.39 is 0 Å². The third-order valence-corrected chi connectivity index (χ3v) is 7.46. The summed E-state index contributed by atoms with van der Waals surface area (Å²) in [6.07, 6.45) is 3.46. The molecule has 37 heavy (non-hydrogen) atoms. The van der Waals surface area contributed by atoms with Gasteiger partial charge in [0.2, 0.25) is 5.91 Å². The number of hydrogen-bond donors (Lipinski definition) is 1. The summed E-state index contributed by atoms with van der Waals surface area (Å²) in [5, 5.41) is 2.80. The van der Waals surface area contributed by atoms with Crippen molar-refractivity contribution in [1.82, 2.24) is 9.47 Å². The molecule has 6 nitrogen and oxygen atoms in total. The number of benzene rings is 2. The third-order valence-electron chi connectivity index (χ3n) is 7.46. The first-order valence-corrected chi connectivity index (χ1v) is 13.3. The molecule has 0 aliphatic carbocycles. The Hall–Kier alpha value is -3.61. The van der Waals surface area contributed by atoms with Gasteiger partial charge >= 0.3 is 0 Å². The Kier molecular flexibility index (Phi) is 8.64. The molecule has 1 aliphatic heterocycles. The molecular formula is C30H37FN4O2. The molecule has 4 rings (SSSR count). The number of halogens is 1. The van der Waals surface area contributed by atoms with Gasteiger partial charge in [0.05, 0.1) is 11.6 Å². The van der Waals surface area contributed by atoms with Crippen LogP contribution in [0.15, 0.2) is 66.9 Å². The summed E-state index contributed by atoms with van der Waals surface area (Å²) in [5.74, 6) is -0.434. The lowest BCUT2D eigenvalue weighted by Crippen LogP contribution is -2.42. The van der Waals surface area contributed by atoms with E-state index in [1.807, 2.05) is 77.7 Å². The molecule has 1 aromatic heterocycles. The van der Waals surface area contributed by atoms with Crippen LogP contribution < -0.4 is 10.2 Å². The van der Waals surface area contributed by atoms with Crippen LogP contribution in [0.3, 0.4) is 0 Å². The predicted octanol–water partition coefficient (Wildman–Crippen LogP) is 5.77. The van der Waals surface area contributed by atoms with Gasteiger partial charge < -0.3 is 19.7 Å². The molecule has 1 N–H and O–H groups in total. The number of likely N-dealkylation sites (N-methyl/N-ethyl adjacent to an activating group) is 1. The third kappa shape index (κ3) is 5.87. The van der Waals surface area contributed by atoms with Crippen LogP contribution in [0.1, 0.15) is 55.6 Å². The molecular weight excluding hydrogens is 467 g/mol. The molecule has 1 fully saturated rings. The molecule has 0 radical (unpaired) electrons. The van der Waals surface area contributed by atoms with E-state index in [9.17, 15) is 9.59 Å². The highest BCUT2D eigenvalue weighted by atomic mass is 19.1. The van der Waals surface area contributed by atoms with Crippen LogP contribution in [-0.4, -0.2) is 47.5 Å². The van der Waals surface area contributed by atoms with Crippen LogP contribution in [0, 0.1) is 11.7 Å². The van der Waals surface area contributed by atoms with Gasteiger partial charge in [0.15, 0.2) is 0 Å². The molecule has 0 spiro atoms. The normalized spacial score (nSPS) is 14.9. The van der Waals surface area contributed by atoms with Crippen molar-refractivity contribution in [3.05, 3.63) is 83.9 Å². The zero-order valence-corrected chi connectivity index (χ0v) is 22.0. The predicted molar refractivity (Wildman–Crippen MR) is 147 cm³/mol. The van der Waals surface area contributed by atoms with Crippen molar-refractivity contribution in [2.75, 3.05) is 36.4 Å². The zero-order chi connectivity index (χ0) is 26.4. The number of nitrogens with zero attached hydrogens (tertiary/aromatic N) is 3. The number of rotatable bonds is 9. The van der Waals surface area contributed by atoms with Crippen molar-refractivity contribution >= 4 is 23.2 Å². The van der Waals surface area contributed by atoms with E-state index in [0.717, 1.165) is 18.4 Å². The molecule has 0 bridgehead atoms. The number of anilines is 2. The van der Waals surface area contributed by atoms with E-state index in [1.54, 1.807) is 18.2 Å². The Balaban J connectivity index is 1.44. The minimum atomic E-state index is -0.360. The average molecular weight is 505 g/mol. The number of carbonyl (C=O) groups is 2. The van der Waals surface area contributed by atoms with Gasteiger partial charge in [-0.15, -0.1) is 0 Å². The van der Waals surface area contributed by atoms with Gasteiger partial charge in [-0.2, -0.15) is 0 Å². The van der Waals surface area contributed by atoms with E-state index in [-0.39, 0.29) is 29.5 Å². The quantitative estimate of drug-likeness (QED) is 0.403. The second-order valence-corrected chi connectivity index (χ2v) is 9.52. The maximum absolute atomic E-state index is 15.2. The molecule has 1 unspecified atom stereocenters. The molecule has 0 saturated carbocycles. The lowest BCUT2D eigenvalue weighted by Gasteiger charge is -2.38. The molecule has 1 saturated heterocycles. The van der Waals surface area contributed by atoms with Crippen molar-refractivity contribution in [3.63, 3.8) is 0 Å². The minimum Gasteiger partial charge on any atom is -0.369 e. The van der Waals surface area contributed by atoms with Crippen LogP contribution in [0.5, 0.6) is 0 Å². The summed E-state index contributed by atoms with van der Waals surface area (Å²) in [7, 11) is 0. The topological polar surface area (TPSA) is 57.6 Å². The van der Waals surface area contributed by atoms with Gasteiger partial charge in [-0.3, -0.25) is 9.59 Å². The largest absolute Gasteiger partial charge is 0.369 e. The molecule has 2 aromatic carbocycles. The first-order chi connectivity index (χ1) is 18.0. The van der Waals surface area contributed by atoms with Gasteiger partial charge in [-0.1, -0.05) is 30.3 Å². The second kappa shape index (κ2) is 12.1. The average Bonchev–Trinajstić information content (AvgIpc) is 3.40. The van der Waals surface area contributed by atoms with E-state index in [4.69, 9.17) is 0 Å². The summed E-state index contributed by atoms with van der Waals surface area (Å²) < 4.78 is 17.0. The highest BCUT2D eigenvalue weighted by Crippen LogP contribution is 2.36. The van der Waals surface area contributed by atoms with Crippen molar-refractivity contribution in [2.45, 2.75) is 46.1 Å². The van der Waals surface area contributed by atoms with Gasteiger partial charge in [-0.25, -0.2) is 4.39 Å². The fourth-order valence-corrected chi connectivity index (χ4v) is 5.41. The lowest BCUT2D eigenvalue weighted by molar-refractivity contribution is -0.134. The van der Waals surface area contributed by atoms with Gasteiger partial charge in [0.1, 0.15) is 11.5 Å². The Morgan fingerprint density at radius 2 is 1.70 bits per heavy atom. The van der Waals surface area contributed by atoms with Crippen molar-refractivity contribution in [3.8, 4) is 0 Å². The number of aromatic nitrogens is 1. The number of carbonyl (C=O) groups excluding carboxylic acids is 2. The fourth-order valence-electron chi connectivity index (χ4n) is 5.41. The van der Waals surface area contributed by atoms with Crippen LogP contribution >= 0.6 is 0 Å². The minimum absolute atomic E-state index is 0.176. The van der Waals surface area contributed by atoms with Gasteiger partial charge in [-0.05, 0) is 75.4 Å². The fraction of sp³-hybridized carbons (Fsp3) is 0.400. The zero-order valence-electron chi connectivity index (χ0n) is 22.0. The maximum Gasteiger partial charge on any atom is 0.272 e. The number of amides is 2. The van der Waals surface area contributed by atoms with E-state index in [1.165, 1.54) is 6.07 Å². The summed E-state index contributed by atoms with van der Waals surface area (Å²) in [6.45, 7) is 9.41. The standard InChI is InChI=1S/C30H37FN4O2/c1-4-33(5-2)30(37)28(22-11-8-7-9-12-22)23-16-19-35(20-17-23)26-15-14-24(21-25(26)31)32-29(36)27-13-10-18-34(27)6-3/h7-15,18,21,23,28H,4-6,16-17,19-20H2,1-3H3,(H,32,36). The summed E-state index contributed by atoms with van der Waals surface area (Å²) in [6, 6.07) is 18.5. The van der Waals surface area contributed by atoms with Gasteiger partial charge in [0.25, 0.3) is 5.91 Å². The first kappa shape index (κ1) is 26.5. The molecule has 1 aliphatic rings.